The van der Waals surface area contributed by atoms with Crippen LogP contribution in [0.3, 0.4) is 0 Å². The van der Waals surface area contributed by atoms with Crippen molar-refractivity contribution in [3.63, 3.8) is 0 Å². The Morgan fingerprint density at radius 1 is 0.810 bits per heavy atom. The highest BCUT2D eigenvalue weighted by molar-refractivity contribution is 5.91. The van der Waals surface area contributed by atoms with Gasteiger partial charge in [0, 0.05) is 19.6 Å². The van der Waals surface area contributed by atoms with Crippen LogP contribution in [-0.4, -0.2) is 58.7 Å². The van der Waals surface area contributed by atoms with Crippen molar-refractivity contribution >= 4 is 23.9 Å². The fraction of sp³-hybridized carbons (Fsp3) is 0.312. The van der Waals surface area contributed by atoms with Crippen LogP contribution in [0.25, 0.3) is 0 Å². The fourth-order valence-corrected chi connectivity index (χ4v) is 3.82. The number of carbonyl (C=O) groups is 4. The Hall–Kier alpha value is -4.86. The molecule has 3 rings (SSSR count). The monoisotopic (exact) mass is 577 g/mol. The third kappa shape index (κ3) is 13.0. The lowest BCUT2D eigenvalue weighted by molar-refractivity contribution is -0.139. The first-order valence-corrected chi connectivity index (χ1v) is 13.8. The van der Waals surface area contributed by atoms with Crippen LogP contribution in [0.4, 0.5) is 4.79 Å². The number of nitrogens with one attached hydrogen (secondary N) is 2. The number of hydrogen-bond acceptors (Lipinski definition) is 5. The van der Waals surface area contributed by atoms with Gasteiger partial charge in [-0.2, -0.15) is 0 Å². The highest BCUT2D eigenvalue weighted by Crippen LogP contribution is 2.20. The van der Waals surface area contributed by atoms with Crippen molar-refractivity contribution in [3.8, 4) is 5.75 Å². The van der Waals surface area contributed by atoms with Crippen LogP contribution >= 0.6 is 0 Å². The summed E-state index contributed by atoms with van der Waals surface area (Å²) in [6, 6.07) is 24.0. The smallest absolute Gasteiger partial charge is 0.341 e. The maximum Gasteiger partial charge on any atom is 0.341 e. The molecule has 3 aromatic carbocycles. The Bertz CT molecular complexity index is 1240. The van der Waals surface area contributed by atoms with Crippen molar-refractivity contribution in [3.05, 3.63) is 101 Å². The average molecular weight is 578 g/mol. The molecule has 0 aliphatic carbocycles. The number of hydrogen-bond donors (Lipinski definition) is 4. The van der Waals surface area contributed by atoms with Gasteiger partial charge >= 0.3 is 18.0 Å². The van der Waals surface area contributed by atoms with Gasteiger partial charge in [0.25, 0.3) is 0 Å². The number of benzene rings is 3. The molecule has 0 unspecified atom stereocenters. The van der Waals surface area contributed by atoms with Crippen molar-refractivity contribution in [1.82, 2.24) is 15.5 Å². The number of nitrogens with zero attached hydrogens (tertiary/aromatic N) is 1. The van der Waals surface area contributed by atoms with E-state index in [0.717, 1.165) is 36.0 Å². The summed E-state index contributed by atoms with van der Waals surface area (Å²) in [5.41, 5.74) is 2.84. The number of carboxylic acids is 2. The second kappa shape index (κ2) is 18.5. The van der Waals surface area contributed by atoms with E-state index >= 15 is 0 Å². The number of aliphatic carboxylic acids is 1. The predicted molar refractivity (Wildman–Crippen MR) is 159 cm³/mol. The van der Waals surface area contributed by atoms with Gasteiger partial charge in [0.1, 0.15) is 11.3 Å². The molecule has 42 heavy (non-hydrogen) atoms. The van der Waals surface area contributed by atoms with Crippen LogP contribution in [0.15, 0.2) is 78.9 Å². The lowest BCUT2D eigenvalue weighted by Gasteiger charge is -2.23. The SMILES string of the molecule is CCCCCNC(=O)CNC(=O)N(Cc1ccccc1)Cc1ccccc1.Cc1ccc(OCC(=O)O)c(C(=O)O)c1. The quantitative estimate of drug-likeness (QED) is 0.200. The Balaban J connectivity index is 0.000000347. The molecule has 0 bridgehead atoms. The maximum absolute atomic E-state index is 12.7. The molecule has 10 heteroatoms. The highest BCUT2D eigenvalue weighted by atomic mass is 16.5. The largest absolute Gasteiger partial charge is 0.481 e. The van der Waals surface area contributed by atoms with E-state index in [1.807, 2.05) is 60.7 Å². The zero-order valence-electron chi connectivity index (χ0n) is 24.0. The lowest BCUT2D eigenvalue weighted by atomic mass is 10.1. The van der Waals surface area contributed by atoms with E-state index in [1.54, 1.807) is 17.9 Å². The zero-order chi connectivity index (χ0) is 30.7. The predicted octanol–water partition coefficient (Wildman–Crippen LogP) is 4.86. The number of amides is 3. The molecule has 0 saturated carbocycles. The number of carboxylic acid groups (broad SMARTS) is 2. The minimum Gasteiger partial charge on any atom is -0.481 e. The molecule has 0 saturated heterocycles. The molecular weight excluding hydrogens is 538 g/mol. The molecule has 0 spiro atoms. The third-order valence-corrected chi connectivity index (χ3v) is 5.94. The minimum atomic E-state index is -1.15. The molecule has 0 aromatic heterocycles. The summed E-state index contributed by atoms with van der Waals surface area (Å²) >= 11 is 0. The molecule has 10 nitrogen and oxygen atoms in total. The molecule has 4 N–H and O–H groups in total. The molecule has 0 aliphatic heterocycles. The van der Waals surface area contributed by atoms with Crippen molar-refractivity contribution in [2.45, 2.75) is 46.2 Å². The molecule has 0 atom stereocenters. The van der Waals surface area contributed by atoms with Gasteiger partial charge in [0.2, 0.25) is 5.91 Å². The molecule has 3 aromatic rings. The molecular formula is C32H39N3O7. The van der Waals surface area contributed by atoms with E-state index in [1.165, 1.54) is 12.1 Å². The summed E-state index contributed by atoms with van der Waals surface area (Å²) in [6.45, 7) is 4.93. The maximum atomic E-state index is 12.7. The first-order chi connectivity index (χ1) is 20.2. The summed E-state index contributed by atoms with van der Waals surface area (Å²) < 4.78 is 4.83. The van der Waals surface area contributed by atoms with Crippen LogP contribution in [-0.2, 0) is 22.7 Å². The van der Waals surface area contributed by atoms with Gasteiger partial charge in [-0.3, -0.25) is 4.79 Å². The van der Waals surface area contributed by atoms with Crippen LogP contribution in [0.5, 0.6) is 5.75 Å². The number of ether oxygens (including phenoxy) is 1. The van der Waals surface area contributed by atoms with Crippen molar-refractivity contribution in [2.75, 3.05) is 19.7 Å². The lowest BCUT2D eigenvalue weighted by Crippen LogP contribution is -2.44. The summed E-state index contributed by atoms with van der Waals surface area (Å²) in [5, 5.41) is 22.8. The van der Waals surface area contributed by atoms with Crippen molar-refractivity contribution in [2.24, 2.45) is 0 Å². The van der Waals surface area contributed by atoms with E-state index in [2.05, 4.69) is 17.6 Å². The molecule has 0 aliphatic rings. The van der Waals surface area contributed by atoms with Gasteiger partial charge in [0.05, 0.1) is 6.54 Å². The van der Waals surface area contributed by atoms with Crippen LogP contribution in [0.1, 0.15) is 53.2 Å². The van der Waals surface area contributed by atoms with Gasteiger partial charge in [0.15, 0.2) is 6.61 Å². The van der Waals surface area contributed by atoms with Gasteiger partial charge in [-0.1, -0.05) is 92.1 Å². The molecule has 224 valence electrons. The number of carbonyl (C=O) groups excluding carboxylic acids is 2. The summed E-state index contributed by atoms with van der Waals surface area (Å²) in [5.74, 6) is -2.37. The number of unbranched alkanes of at least 4 members (excludes halogenated alkanes) is 2. The average Bonchev–Trinajstić information content (AvgIpc) is 2.98. The van der Waals surface area contributed by atoms with Crippen LogP contribution < -0.4 is 15.4 Å². The number of aromatic carboxylic acids is 1. The van der Waals surface area contributed by atoms with E-state index in [4.69, 9.17) is 14.9 Å². The first kappa shape index (κ1) is 33.3. The van der Waals surface area contributed by atoms with E-state index in [0.29, 0.717) is 19.6 Å². The topological polar surface area (TPSA) is 145 Å². The van der Waals surface area contributed by atoms with Gasteiger partial charge in [-0.25, -0.2) is 14.4 Å². The van der Waals surface area contributed by atoms with Gasteiger partial charge < -0.3 is 30.5 Å². The molecule has 0 fully saturated rings. The highest BCUT2D eigenvalue weighted by Gasteiger charge is 2.16. The Labute approximate surface area is 246 Å². The third-order valence-electron chi connectivity index (χ3n) is 5.94. The second-order valence-electron chi connectivity index (χ2n) is 9.53. The molecule has 0 radical (unpaired) electrons. The van der Waals surface area contributed by atoms with Crippen molar-refractivity contribution < 1.29 is 34.1 Å². The minimum absolute atomic E-state index is 0.00889. The van der Waals surface area contributed by atoms with E-state index in [-0.39, 0.29) is 29.8 Å². The van der Waals surface area contributed by atoms with E-state index < -0.39 is 18.5 Å². The van der Waals surface area contributed by atoms with Crippen LogP contribution in [0.2, 0.25) is 0 Å². The zero-order valence-corrected chi connectivity index (χ0v) is 24.0. The number of rotatable bonds is 14. The van der Waals surface area contributed by atoms with Gasteiger partial charge in [-0.15, -0.1) is 0 Å². The Kier molecular flexibility index (Phi) is 14.7. The number of aryl methyl sites for hydroxylation is 1. The summed E-state index contributed by atoms with van der Waals surface area (Å²) in [4.78, 5) is 47.3. The summed E-state index contributed by atoms with van der Waals surface area (Å²) in [6.07, 6.45) is 3.17. The molecule has 3 amide bonds. The fourth-order valence-electron chi connectivity index (χ4n) is 3.82. The Morgan fingerprint density at radius 3 is 1.93 bits per heavy atom. The standard InChI is InChI=1S/C22H29N3O2.C10H10O5/c1-2-3-10-15-23-21(26)16-24-22(27)25(17-19-11-6-4-7-12-19)18-20-13-8-5-9-14-20;1-6-2-3-8(15-5-9(11)12)7(4-6)10(13)14/h4-9,11-14H,2-3,10,15-18H2,1H3,(H,23,26)(H,24,27);2-4H,5H2,1H3,(H,11,12)(H,13,14). The van der Waals surface area contributed by atoms with E-state index in [9.17, 15) is 19.2 Å². The molecule has 0 heterocycles. The Morgan fingerprint density at radius 2 is 1.40 bits per heavy atom. The number of urea groups is 1. The summed E-state index contributed by atoms with van der Waals surface area (Å²) in [7, 11) is 0. The first-order valence-electron chi connectivity index (χ1n) is 13.8. The second-order valence-corrected chi connectivity index (χ2v) is 9.53. The van der Waals surface area contributed by atoms with Crippen LogP contribution in [0, 0.1) is 6.92 Å². The van der Waals surface area contributed by atoms with Crippen molar-refractivity contribution in [1.29, 1.82) is 0 Å². The van der Waals surface area contributed by atoms with Gasteiger partial charge in [-0.05, 0) is 36.6 Å². The normalized spacial score (nSPS) is 10.0.